The van der Waals surface area contributed by atoms with Crippen molar-refractivity contribution in [3.63, 3.8) is 0 Å². The molecule has 4 nitrogen and oxygen atoms in total. The minimum atomic E-state index is 0.0479. The molecule has 0 aliphatic heterocycles. The molecule has 0 spiro atoms. The van der Waals surface area contributed by atoms with Crippen LogP contribution in [0.2, 0.25) is 0 Å². The smallest absolute Gasteiger partial charge is 0.226 e. The summed E-state index contributed by atoms with van der Waals surface area (Å²) in [5.74, 6) is 1.67. The Morgan fingerprint density at radius 2 is 2.40 bits per heavy atom. The minimum absolute atomic E-state index is 0.0479. The van der Waals surface area contributed by atoms with Crippen molar-refractivity contribution < 1.29 is 4.79 Å². The minimum Gasteiger partial charge on any atom is -0.311 e. The van der Waals surface area contributed by atoms with Crippen LogP contribution in [0.5, 0.6) is 0 Å². The molecular weight excluding hydrogens is 210 g/mol. The molecule has 15 heavy (non-hydrogen) atoms. The summed E-state index contributed by atoms with van der Waals surface area (Å²) in [6, 6.07) is 2.08. The molecule has 0 saturated heterocycles. The van der Waals surface area contributed by atoms with E-state index in [1.165, 1.54) is 0 Å². The second-order valence-corrected chi connectivity index (χ2v) is 4.53. The zero-order chi connectivity index (χ0) is 11.3. The summed E-state index contributed by atoms with van der Waals surface area (Å²) in [5.41, 5.74) is 0. The van der Waals surface area contributed by atoms with Gasteiger partial charge in [0.15, 0.2) is 0 Å². The van der Waals surface area contributed by atoms with Gasteiger partial charge in [-0.1, -0.05) is 0 Å². The predicted molar refractivity (Wildman–Crippen MR) is 64.2 cm³/mol. The number of aromatic nitrogens is 2. The number of nitrogens with one attached hydrogen (secondary N) is 1. The number of thioether (sulfide) groups is 1. The summed E-state index contributed by atoms with van der Waals surface area (Å²) in [7, 11) is 0. The Morgan fingerprint density at radius 1 is 1.67 bits per heavy atom. The van der Waals surface area contributed by atoms with Crippen LogP contribution in [0.3, 0.4) is 0 Å². The molecule has 0 fully saturated rings. The van der Waals surface area contributed by atoms with Gasteiger partial charge in [-0.2, -0.15) is 16.9 Å². The zero-order valence-corrected chi connectivity index (χ0v) is 10.2. The number of anilines is 1. The lowest BCUT2D eigenvalue weighted by Crippen LogP contribution is -2.16. The Hall–Kier alpha value is -0.970. The van der Waals surface area contributed by atoms with Crippen LogP contribution >= 0.6 is 11.8 Å². The van der Waals surface area contributed by atoms with Crippen LogP contribution in [-0.4, -0.2) is 27.7 Å². The maximum Gasteiger partial charge on any atom is 0.226 e. The van der Waals surface area contributed by atoms with E-state index in [0.717, 1.165) is 11.6 Å². The highest BCUT2D eigenvalue weighted by atomic mass is 32.2. The lowest BCUT2D eigenvalue weighted by Gasteiger charge is -2.11. The highest BCUT2D eigenvalue weighted by Crippen LogP contribution is 2.13. The molecule has 1 aromatic rings. The third-order valence-corrected chi connectivity index (χ3v) is 2.57. The van der Waals surface area contributed by atoms with Crippen molar-refractivity contribution in [1.82, 2.24) is 9.78 Å². The van der Waals surface area contributed by atoms with Gasteiger partial charge in [0.25, 0.3) is 0 Å². The van der Waals surface area contributed by atoms with Crippen LogP contribution in [0.1, 0.15) is 26.3 Å². The number of hydrogen-bond donors (Lipinski definition) is 1. The number of carbonyl (C=O) groups is 1. The highest BCUT2D eigenvalue weighted by molar-refractivity contribution is 7.98. The summed E-state index contributed by atoms with van der Waals surface area (Å²) in [5, 5.41) is 7.00. The zero-order valence-electron chi connectivity index (χ0n) is 9.36. The summed E-state index contributed by atoms with van der Waals surface area (Å²) in [6.45, 7) is 4.06. The summed E-state index contributed by atoms with van der Waals surface area (Å²) in [6.07, 6.45) is 4.24. The molecule has 0 aliphatic rings. The quantitative estimate of drug-likeness (QED) is 0.838. The van der Waals surface area contributed by atoms with Crippen molar-refractivity contribution in [3.8, 4) is 0 Å². The molecule has 1 N–H and O–H groups in total. The summed E-state index contributed by atoms with van der Waals surface area (Å²) in [4.78, 5) is 11.5. The molecule has 0 bridgehead atoms. The topological polar surface area (TPSA) is 46.9 Å². The fourth-order valence-corrected chi connectivity index (χ4v) is 1.61. The molecule has 5 heteroatoms. The molecule has 0 unspecified atom stereocenters. The van der Waals surface area contributed by atoms with Gasteiger partial charge in [0.2, 0.25) is 5.91 Å². The van der Waals surface area contributed by atoms with Gasteiger partial charge in [0, 0.05) is 24.3 Å². The van der Waals surface area contributed by atoms with Gasteiger partial charge in [0.05, 0.1) is 6.20 Å². The van der Waals surface area contributed by atoms with E-state index in [1.54, 1.807) is 22.6 Å². The maximum absolute atomic E-state index is 11.5. The standard InChI is InChI=1S/C10H17N3OS/c1-8(2)13-9(4-6-11-13)12-10(14)5-7-15-3/h4,6,8H,5,7H2,1-3H3,(H,12,14). The van der Waals surface area contributed by atoms with Crippen molar-refractivity contribution in [2.24, 2.45) is 0 Å². The van der Waals surface area contributed by atoms with E-state index >= 15 is 0 Å². The van der Waals surface area contributed by atoms with E-state index in [9.17, 15) is 4.79 Å². The van der Waals surface area contributed by atoms with Gasteiger partial charge in [-0.25, -0.2) is 4.68 Å². The van der Waals surface area contributed by atoms with E-state index in [0.29, 0.717) is 6.42 Å². The van der Waals surface area contributed by atoms with Crippen LogP contribution in [0.4, 0.5) is 5.82 Å². The van der Waals surface area contributed by atoms with Crippen LogP contribution in [0.25, 0.3) is 0 Å². The highest BCUT2D eigenvalue weighted by Gasteiger charge is 2.08. The average Bonchev–Trinajstić information content (AvgIpc) is 2.62. The monoisotopic (exact) mass is 227 g/mol. The van der Waals surface area contributed by atoms with Crippen molar-refractivity contribution in [3.05, 3.63) is 12.3 Å². The summed E-state index contributed by atoms with van der Waals surface area (Å²) < 4.78 is 1.80. The predicted octanol–water partition coefficient (Wildman–Crippen LogP) is 2.16. The number of carbonyl (C=O) groups excluding carboxylic acids is 1. The lowest BCUT2D eigenvalue weighted by atomic mass is 10.4. The first-order valence-corrected chi connectivity index (χ1v) is 6.37. The molecule has 1 rings (SSSR count). The van der Waals surface area contributed by atoms with Crippen molar-refractivity contribution in [1.29, 1.82) is 0 Å². The normalized spacial score (nSPS) is 10.7. The number of rotatable bonds is 5. The van der Waals surface area contributed by atoms with E-state index in [-0.39, 0.29) is 11.9 Å². The van der Waals surface area contributed by atoms with Gasteiger partial charge in [-0.15, -0.1) is 0 Å². The van der Waals surface area contributed by atoms with Crippen LogP contribution < -0.4 is 5.32 Å². The second-order valence-electron chi connectivity index (χ2n) is 3.55. The number of amides is 1. The van der Waals surface area contributed by atoms with Crippen molar-refractivity contribution >= 4 is 23.5 Å². The van der Waals surface area contributed by atoms with Gasteiger partial charge < -0.3 is 5.32 Å². The first-order valence-electron chi connectivity index (χ1n) is 4.97. The first-order chi connectivity index (χ1) is 7.15. The first kappa shape index (κ1) is 12.1. The molecular formula is C10H17N3OS. The average molecular weight is 227 g/mol. The Morgan fingerprint density at radius 3 is 3.00 bits per heavy atom. The fraction of sp³-hybridized carbons (Fsp3) is 0.600. The molecule has 1 heterocycles. The van der Waals surface area contributed by atoms with E-state index in [2.05, 4.69) is 10.4 Å². The van der Waals surface area contributed by atoms with Gasteiger partial charge >= 0.3 is 0 Å². The van der Waals surface area contributed by atoms with E-state index < -0.39 is 0 Å². The Bertz CT molecular complexity index is 322. The van der Waals surface area contributed by atoms with Crippen molar-refractivity contribution in [2.75, 3.05) is 17.3 Å². The molecule has 0 atom stereocenters. The molecule has 0 saturated carbocycles. The lowest BCUT2D eigenvalue weighted by molar-refractivity contribution is -0.115. The fourth-order valence-electron chi connectivity index (χ4n) is 1.22. The molecule has 1 amide bonds. The van der Waals surface area contributed by atoms with Gasteiger partial charge in [-0.05, 0) is 20.1 Å². The van der Waals surface area contributed by atoms with Crippen LogP contribution in [0, 0.1) is 0 Å². The molecule has 84 valence electrons. The molecule has 0 aromatic carbocycles. The molecule has 0 radical (unpaired) electrons. The Kier molecular flexibility index (Phi) is 4.68. The van der Waals surface area contributed by atoms with Crippen LogP contribution in [0.15, 0.2) is 12.3 Å². The third kappa shape index (κ3) is 3.58. The maximum atomic E-state index is 11.5. The second kappa shape index (κ2) is 5.80. The van der Waals surface area contributed by atoms with E-state index in [4.69, 9.17) is 0 Å². The van der Waals surface area contributed by atoms with Crippen LogP contribution in [-0.2, 0) is 4.79 Å². The summed E-state index contributed by atoms with van der Waals surface area (Å²) >= 11 is 1.67. The van der Waals surface area contributed by atoms with E-state index in [1.807, 2.05) is 26.2 Å². The third-order valence-electron chi connectivity index (χ3n) is 1.96. The number of nitrogens with zero attached hydrogens (tertiary/aromatic N) is 2. The SMILES string of the molecule is CSCCC(=O)Nc1ccnn1C(C)C. The molecule has 1 aromatic heterocycles. The molecule has 0 aliphatic carbocycles. The van der Waals surface area contributed by atoms with Crippen molar-refractivity contribution in [2.45, 2.75) is 26.3 Å². The Balaban J connectivity index is 2.56. The largest absolute Gasteiger partial charge is 0.311 e. The number of hydrogen-bond acceptors (Lipinski definition) is 3. The Labute approximate surface area is 94.4 Å². The van der Waals surface area contributed by atoms with Gasteiger partial charge in [-0.3, -0.25) is 4.79 Å². The van der Waals surface area contributed by atoms with Gasteiger partial charge in [0.1, 0.15) is 5.82 Å².